The van der Waals surface area contributed by atoms with E-state index >= 15 is 0 Å². The van der Waals surface area contributed by atoms with Crippen LogP contribution in [0.3, 0.4) is 0 Å². The fourth-order valence-corrected chi connectivity index (χ4v) is 5.67. The molecule has 0 aromatic rings. The molecule has 0 N–H and O–H groups in total. The Morgan fingerprint density at radius 1 is 0.769 bits per heavy atom. The molecule has 39 heavy (non-hydrogen) atoms. The second kappa shape index (κ2) is 18.9. The van der Waals surface area contributed by atoms with E-state index in [0.29, 0.717) is 68.7 Å². The minimum absolute atomic E-state index is 0.110. The lowest BCUT2D eigenvalue weighted by Crippen LogP contribution is -2.36. The van der Waals surface area contributed by atoms with E-state index < -0.39 is 0 Å². The second-order valence-electron chi connectivity index (χ2n) is 10.7. The summed E-state index contributed by atoms with van der Waals surface area (Å²) < 4.78 is 11.7. The van der Waals surface area contributed by atoms with Crippen molar-refractivity contribution in [1.82, 2.24) is 19.6 Å². The zero-order valence-corrected chi connectivity index (χ0v) is 27.3. The molecular formula is C29H54N4O4S2. The lowest BCUT2D eigenvalue weighted by atomic mass is 9.79. The van der Waals surface area contributed by atoms with E-state index in [-0.39, 0.29) is 17.2 Å². The molecule has 0 aromatic carbocycles. The largest absolute Gasteiger partial charge is 0.379 e. The van der Waals surface area contributed by atoms with Crippen LogP contribution in [-0.2, 0) is 19.1 Å². The fourth-order valence-electron chi connectivity index (χ4n) is 4.90. The number of nitrogens with zero attached hydrogens (tertiary/aromatic N) is 4. The third-order valence-electron chi connectivity index (χ3n) is 7.64. The molecule has 2 saturated heterocycles. The quantitative estimate of drug-likeness (QED) is 0.156. The van der Waals surface area contributed by atoms with Crippen molar-refractivity contribution in [1.29, 1.82) is 0 Å². The highest BCUT2D eigenvalue weighted by Gasteiger charge is 2.34. The number of hydrogen-bond acceptors (Lipinski definition) is 6. The van der Waals surface area contributed by atoms with Gasteiger partial charge in [-0.2, -0.15) is 0 Å². The normalized spacial score (nSPS) is 18.1. The van der Waals surface area contributed by atoms with Crippen LogP contribution in [0.25, 0.3) is 0 Å². The first-order valence-corrected chi connectivity index (χ1v) is 15.8. The van der Waals surface area contributed by atoms with Gasteiger partial charge in [-0.25, -0.2) is 0 Å². The van der Waals surface area contributed by atoms with Gasteiger partial charge in [0.15, 0.2) is 10.2 Å². The van der Waals surface area contributed by atoms with Crippen molar-refractivity contribution in [2.75, 3.05) is 65.7 Å². The minimum Gasteiger partial charge on any atom is -0.379 e. The molecule has 8 nitrogen and oxygen atoms in total. The molecule has 2 unspecified atom stereocenters. The first-order valence-electron chi connectivity index (χ1n) is 15.0. The molecule has 2 fully saturated rings. The van der Waals surface area contributed by atoms with Gasteiger partial charge in [0.2, 0.25) is 11.8 Å². The molecule has 2 rings (SSSR count). The standard InChI is InChI=1S/C27H48N4O4S2.C2H6/c1-6-11-27(5,12-15-31-24(33)21-29(8-3)26(31)37)13-17-35-19-18-34-16-10-22(4)9-14-30-23(32)20-28(7-2)25(30)36;1-2/h22H,6-21H2,1-5H3;1-2H3. The zero-order valence-electron chi connectivity index (χ0n) is 25.6. The van der Waals surface area contributed by atoms with Crippen LogP contribution in [0.1, 0.15) is 87.0 Å². The fraction of sp³-hybridized carbons (Fsp3) is 0.862. The number of carbonyl (C=O) groups is 2. The van der Waals surface area contributed by atoms with E-state index in [9.17, 15) is 9.59 Å². The summed E-state index contributed by atoms with van der Waals surface area (Å²) >= 11 is 10.9. The summed E-state index contributed by atoms with van der Waals surface area (Å²) in [6, 6.07) is 0. The Hall–Kier alpha value is -1.36. The number of rotatable bonds is 19. The number of hydrogen-bond donors (Lipinski definition) is 0. The van der Waals surface area contributed by atoms with E-state index in [1.807, 2.05) is 37.5 Å². The van der Waals surface area contributed by atoms with Crippen LogP contribution in [0.2, 0.25) is 0 Å². The minimum atomic E-state index is 0.110. The summed E-state index contributed by atoms with van der Waals surface area (Å²) in [6.07, 6.45) is 5.95. The van der Waals surface area contributed by atoms with Crippen LogP contribution in [0, 0.1) is 11.3 Å². The predicted molar refractivity (Wildman–Crippen MR) is 167 cm³/mol. The SMILES string of the molecule is CC.CCCC(C)(CCOCCOCCC(C)CCN1C(=O)CN(CC)C1=S)CCN1C(=O)CN(CC)C1=S. The number of likely N-dealkylation sites (N-methyl/N-ethyl adjacent to an activating group) is 2. The Bertz CT molecular complexity index is 784. The Labute approximate surface area is 248 Å². The highest BCUT2D eigenvalue weighted by atomic mass is 32.1. The van der Waals surface area contributed by atoms with Gasteiger partial charge in [0, 0.05) is 39.4 Å². The first kappa shape index (κ1) is 35.7. The number of ether oxygens (including phenoxy) is 2. The molecule has 10 heteroatoms. The van der Waals surface area contributed by atoms with Crippen LogP contribution < -0.4 is 0 Å². The van der Waals surface area contributed by atoms with Crippen molar-refractivity contribution in [2.45, 2.75) is 87.0 Å². The smallest absolute Gasteiger partial charge is 0.248 e. The number of thiocarbonyl (C=S) groups is 2. The Morgan fingerprint density at radius 3 is 1.77 bits per heavy atom. The molecule has 2 aliphatic heterocycles. The molecular weight excluding hydrogens is 532 g/mol. The van der Waals surface area contributed by atoms with Crippen LogP contribution in [-0.4, -0.2) is 107 Å². The Morgan fingerprint density at radius 2 is 1.28 bits per heavy atom. The lowest BCUT2D eigenvalue weighted by Gasteiger charge is -2.31. The average Bonchev–Trinajstić information content (AvgIpc) is 3.36. The molecule has 2 aliphatic rings. The second-order valence-corrected chi connectivity index (χ2v) is 11.4. The van der Waals surface area contributed by atoms with Crippen LogP contribution >= 0.6 is 24.4 Å². The molecule has 226 valence electrons. The molecule has 0 spiro atoms. The first-order chi connectivity index (χ1) is 18.7. The van der Waals surface area contributed by atoms with Gasteiger partial charge in [0.25, 0.3) is 0 Å². The summed E-state index contributed by atoms with van der Waals surface area (Å²) in [7, 11) is 0. The molecule has 0 radical (unpaired) electrons. The van der Waals surface area contributed by atoms with Gasteiger partial charge in [-0.1, -0.05) is 41.0 Å². The van der Waals surface area contributed by atoms with E-state index in [1.54, 1.807) is 9.80 Å². The topological polar surface area (TPSA) is 65.6 Å². The molecule has 0 aliphatic carbocycles. The maximum Gasteiger partial charge on any atom is 0.248 e. The summed E-state index contributed by atoms with van der Waals surface area (Å²) in [5.41, 5.74) is 0.119. The zero-order chi connectivity index (χ0) is 29.4. The van der Waals surface area contributed by atoms with Gasteiger partial charge in [-0.15, -0.1) is 0 Å². The van der Waals surface area contributed by atoms with Gasteiger partial charge in [0.05, 0.1) is 26.3 Å². The van der Waals surface area contributed by atoms with Crippen molar-refractivity contribution in [3.63, 3.8) is 0 Å². The monoisotopic (exact) mass is 586 g/mol. The van der Waals surface area contributed by atoms with Gasteiger partial charge in [-0.3, -0.25) is 19.4 Å². The Kier molecular flexibility index (Phi) is 17.3. The molecule has 2 amide bonds. The lowest BCUT2D eigenvalue weighted by molar-refractivity contribution is -0.126. The summed E-state index contributed by atoms with van der Waals surface area (Å²) in [6.45, 7) is 21.0. The third-order valence-corrected chi connectivity index (χ3v) is 8.59. The van der Waals surface area contributed by atoms with E-state index in [0.717, 1.165) is 51.6 Å². The van der Waals surface area contributed by atoms with E-state index in [1.165, 1.54) is 0 Å². The van der Waals surface area contributed by atoms with Crippen LogP contribution in [0.5, 0.6) is 0 Å². The molecule has 2 heterocycles. The van der Waals surface area contributed by atoms with Crippen molar-refractivity contribution in [3.8, 4) is 0 Å². The van der Waals surface area contributed by atoms with Crippen LogP contribution in [0.4, 0.5) is 0 Å². The summed E-state index contributed by atoms with van der Waals surface area (Å²) in [5, 5.41) is 1.34. The highest BCUT2D eigenvalue weighted by molar-refractivity contribution is 7.80. The maximum absolute atomic E-state index is 12.3. The maximum atomic E-state index is 12.3. The van der Waals surface area contributed by atoms with Crippen molar-refractivity contribution in [2.24, 2.45) is 11.3 Å². The van der Waals surface area contributed by atoms with Crippen molar-refractivity contribution < 1.29 is 19.1 Å². The van der Waals surface area contributed by atoms with Crippen molar-refractivity contribution >= 4 is 46.5 Å². The third kappa shape index (κ3) is 11.6. The van der Waals surface area contributed by atoms with Gasteiger partial charge >= 0.3 is 0 Å². The van der Waals surface area contributed by atoms with Crippen molar-refractivity contribution in [3.05, 3.63) is 0 Å². The highest BCUT2D eigenvalue weighted by Crippen LogP contribution is 2.32. The average molecular weight is 587 g/mol. The van der Waals surface area contributed by atoms with E-state index in [2.05, 4.69) is 20.8 Å². The Balaban J connectivity index is 0.00000371. The predicted octanol–water partition coefficient (Wildman–Crippen LogP) is 4.95. The number of carbonyl (C=O) groups excluding carboxylic acids is 2. The molecule has 0 bridgehead atoms. The van der Waals surface area contributed by atoms with E-state index in [4.69, 9.17) is 33.9 Å². The molecule has 0 aromatic heterocycles. The summed E-state index contributed by atoms with van der Waals surface area (Å²) in [4.78, 5) is 31.9. The van der Waals surface area contributed by atoms with Gasteiger partial charge in [0.1, 0.15) is 0 Å². The number of amides is 2. The summed E-state index contributed by atoms with van der Waals surface area (Å²) in [5.74, 6) is 0.685. The molecule has 2 atom stereocenters. The van der Waals surface area contributed by atoms with Crippen LogP contribution in [0.15, 0.2) is 0 Å². The van der Waals surface area contributed by atoms with Gasteiger partial charge in [-0.05, 0) is 81.7 Å². The van der Waals surface area contributed by atoms with Gasteiger partial charge < -0.3 is 19.3 Å². The molecule has 0 saturated carbocycles.